The van der Waals surface area contributed by atoms with Crippen LogP contribution in [-0.2, 0) is 9.59 Å². The third-order valence-electron chi connectivity index (χ3n) is 3.83. The molecular weight excluding hydrogens is 451 g/mol. The zero-order valence-electron chi connectivity index (χ0n) is 15.2. The van der Waals surface area contributed by atoms with Crippen molar-refractivity contribution in [2.45, 2.75) is 20.3 Å². The Morgan fingerprint density at radius 1 is 1.15 bits per heavy atom. The van der Waals surface area contributed by atoms with E-state index in [4.69, 9.17) is 9.47 Å². The van der Waals surface area contributed by atoms with Gasteiger partial charge in [0.25, 0.3) is 11.8 Å². The van der Waals surface area contributed by atoms with E-state index in [1.807, 2.05) is 13.8 Å². The molecule has 0 aliphatic carbocycles. The number of hydrogen-bond acceptors (Lipinski definition) is 5. The van der Waals surface area contributed by atoms with E-state index < -0.39 is 17.8 Å². The smallest absolute Gasteiger partial charge is 0.333 e. The maximum Gasteiger partial charge on any atom is 0.333 e. The van der Waals surface area contributed by atoms with E-state index in [9.17, 15) is 14.4 Å². The molecule has 8 heteroatoms. The van der Waals surface area contributed by atoms with E-state index in [0.717, 1.165) is 13.4 Å². The SMILES string of the molecule is CCCN1C(=O)/C(=C\c2cc(I)c(OCC)c(OC)c2)C(=O)N(C)C1=O. The third-order valence-corrected chi connectivity index (χ3v) is 4.63. The molecule has 1 fully saturated rings. The Morgan fingerprint density at radius 2 is 1.85 bits per heavy atom. The molecule has 7 nitrogen and oxygen atoms in total. The van der Waals surface area contributed by atoms with Crippen LogP contribution in [0.3, 0.4) is 0 Å². The number of methoxy groups -OCH3 is 1. The number of halogens is 1. The van der Waals surface area contributed by atoms with Gasteiger partial charge < -0.3 is 9.47 Å². The first-order valence-corrected chi connectivity index (χ1v) is 9.29. The monoisotopic (exact) mass is 472 g/mol. The van der Waals surface area contributed by atoms with E-state index >= 15 is 0 Å². The molecule has 0 bridgehead atoms. The lowest BCUT2D eigenvalue weighted by atomic mass is 10.1. The van der Waals surface area contributed by atoms with E-state index in [1.165, 1.54) is 20.2 Å². The molecule has 1 heterocycles. The van der Waals surface area contributed by atoms with Crippen molar-refractivity contribution in [1.29, 1.82) is 0 Å². The van der Waals surface area contributed by atoms with Gasteiger partial charge in [0.05, 0.1) is 17.3 Å². The van der Waals surface area contributed by atoms with Gasteiger partial charge in [0.15, 0.2) is 11.5 Å². The molecule has 0 saturated carbocycles. The Labute approximate surface area is 166 Å². The van der Waals surface area contributed by atoms with Gasteiger partial charge in [-0.3, -0.25) is 19.4 Å². The highest BCUT2D eigenvalue weighted by molar-refractivity contribution is 14.1. The van der Waals surface area contributed by atoms with Crippen LogP contribution in [0.25, 0.3) is 6.08 Å². The number of urea groups is 1. The molecule has 1 aliphatic heterocycles. The Balaban J connectivity index is 2.50. The number of amides is 4. The lowest BCUT2D eigenvalue weighted by Crippen LogP contribution is -2.54. The summed E-state index contributed by atoms with van der Waals surface area (Å²) in [5, 5.41) is 0. The van der Waals surface area contributed by atoms with Gasteiger partial charge >= 0.3 is 6.03 Å². The molecule has 0 unspecified atom stereocenters. The fourth-order valence-electron chi connectivity index (χ4n) is 2.59. The van der Waals surface area contributed by atoms with Gasteiger partial charge in [0, 0.05) is 13.6 Å². The zero-order valence-corrected chi connectivity index (χ0v) is 17.3. The largest absolute Gasteiger partial charge is 0.493 e. The van der Waals surface area contributed by atoms with Gasteiger partial charge in [-0.15, -0.1) is 0 Å². The maximum absolute atomic E-state index is 12.6. The minimum atomic E-state index is -0.616. The second-order valence-corrected chi connectivity index (χ2v) is 6.79. The van der Waals surface area contributed by atoms with Crippen LogP contribution < -0.4 is 9.47 Å². The van der Waals surface area contributed by atoms with E-state index in [-0.39, 0.29) is 12.1 Å². The van der Waals surface area contributed by atoms with Crippen LogP contribution >= 0.6 is 22.6 Å². The first-order valence-electron chi connectivity index (χ1n) is 8.21. The van der Waals surface area contributed by atoms with Crippen molar-refractivity contribution in [3.63, 3.8) is 0 Å². The number of carbonyl (C=O) groups excluding carboxylic acids is 3. The average molecular weight is 472 g/mol. The summed E-state index contributed by atoms with van der Waals surface area (Å²) < 4.78 is 11.7. The van der Waals surface area contributed by atoms with Crippen molar-refractivity contribution in [3.05, 3.63) is 26.8 Å². The number of rotatable bonds is 6. The van der Waals surface area contributed by atoms with Crippen molar-refractivity contribution in [2.75, 3.05) is 27.3 Å². The molecule has 4 amide bonds. The van der Waals surface area contributed by atoms with Gasteiger partial charge in [-0.1, -0.05) is 6.92 Å². The lowest BCUT2D eigenvalue weighted by Gasteiger charge is -2.31. The minimum absolute atomic E-state index is 0.0532. The number of benzene rings is 1. The van der Waals surface area contributed by atoms with Crippen LogP contribution in [0, 0.1) is 3.57 Å². The Bertz CT molecular complexity index is 775. The molecule has 1 aromatic rings. The first kappa shape index (κ1) is 20.2. The molecule has 2 rings (SSSR count). The number of ether oxygens (including phenoxy) is 2. The van der Waals surface area contributed by atoms with Crippen LogP contribution in [0.4, 0.5) is 4.79 Å². The fraction of sp³-hybridized carbons (Fsp3) is 0.389. The quantitative estimate of drug-likeness (QED) is 0.362. The number of nitrogens with zero attached hydrogens (tertiary/aromatic N) is 2. The maximum atomic E-state index is 12.6. The van der Waals surface area contributed by atoms with Crippen LogP contribution in [0.1, 0.15) is 25.8 Å². The molecular formula is C18H21IN2O5. The molecule has 0 atom stereocenters. The number of imide groups is 2. The molecule has 1 aromatic carbocycles. The predicted molar refractivity (Wildman–Crippen MR) is 105 cm³/mol. The van der Waals surface area contributed by atoms with Crippen molar-refractivity contribution < 1.29 is 23.9 Å². The highest BCUT2D eigenvalue weighted by atomic mass is 127. The molecule has 26 heavy (non-hydrogen) atoms. The average Bonchev–Trinajstić information content (AvgIpc) is 2.62. The second kappa shape index (κ2) is 8.52. The number of hydrogen-bond donors (Lipinski definition) is 0. The van der Waals surface area contributed by atoms with Crippen LogP contribution in [0.15, 0.2) is 17.7 Å². The number of carbonyl (C=O) groups is 3. The summed E-state index contributed by atoms with van der Waals surface area (Å²) in [6, 6.07) is 2.89. The van der Waals surface area contributed by atoms with Gasteiger partial charge in [0.1, 0.15) is 5.57 Å². The summed E-state index contributed by atoms with van der Waals surface area (Å²) in [7, 11) is 2.90. The van der Waals surface area contributed by atoms with Crippen LogP contribution in [0.5, 0.6) is 11.5 Å². The number of barbiturate groups is 1. The summed E-state index contributed by atoms with van der Waals surface area (Å²) in [5.74, 6) is -0.0758. The highest BCUT2D eigenvalue weighted by Gasteiger charge is 2.39. The Hall–Kier alpha value is -2.10. The Kier molecular flexibility index (Phi) is 6.63. The van der Waals surface area contributed by atoms with Crippen molar-refractivity contribution in [1.82, 2.24) is 9.80 Å². The van der Waals surface area contributed by atoms with E-state index in [1.54, 1.807) is 12.1 Å². The second-order valence-electron chi connectivity index (χ2n) is 5.63. The minimum Gasteiger partial charge on any atom is -0.493 e. The first-order chi connectivity index (χ1) is 12.3. The predicted octanol–water partition coefficient (Wildman–Crippen LogP) is 2.91. The normalized spacial score (nSPS) is 16.5. The molecule has 1 aliphatic rings. The molecule has 0 aromatic heterocycles. The third kappa shape index (κ3) is 3.84. The summed E-state index contributed by atoms with van der Waals surface area (Å²) >= 11 is 2.11. The van der Waals surface area contributed by atoms with Crippen LogP contribution in [-0.4, -0.2) is 55.0 Å². The van der Waals surface area contributed by atoms with Gasteiger partial charge in [-0.05, 0) is 59.7 Å². The highest BCUT2D eigenvalue weighted by Crippen LogP contribution is 2.35. The summed E-state index contributed by atoms with van der Waals surface area (Å²) in [6.07, 6.45) is 2.10. The molecule has 1 saturated heterocycles. The van der Waals surface area contributed by atoms with Crippen molar-refractivity contribution in [3.8, 4) is 11.5 Å². The van der Waals surface area contributed by atoms with E-state index in [2.05, 4.69) is 22.6 Å². The van der Waals surface area contributed by atoms with Gasteiger partial charge in [-0.2, -0.15) is 0 Å². The van der Waals surface area contributed by atoms with Gasteiger partial charge in [0.2, 0.25) is 0 Å². The standard InChI is InChI=1S/C18H21IN2O5/c1-5-7-21-17(23)12(16(22)20(3)18(21)24)8-11-9-13(19)15(26-6-2)14(10-11)25-4/h8-10H,5-7H2,1-4H3/b12-8-. The molecule has 0 spiro atoms. The molecule has 0 radical (unpaired) electrons. The molecule has 0 N–H and O–H groups in total. The van der Waals surface area contributed by atoms with Gasteiger partial charge in [-0.25, -0.2) is 4.79 Å². The number of likely N-dealkylation sites (N-methyl/N-ethyl adjacent to an activating group) is 1. The van der Waals surface area contributed by atoms with Crippen LogP contribution in [0.2, 0.25) is 0 Å². The van der Waals surface area contributed by atoms with Crippen molar-refractivity contribution in [2.24, 2.45) is 0 Å². The topological polar surface area (TPSA) is 76.2 Å². The summed E-state index contributed by atoms with van der Waals surface area (Å²) in [5.41, 5.74) is 0.563. The van der Waals surface area contributed by atoms with Crippen molar-refractivity contribution >= 4 is 46.5 Å². The Morgan fingerprint density at radius 3 is 2.42 bits per heavy atom. The van der Waals surface area contributed by atoms with E-state index in [0.29, 0.717) is 30.1 Å². The zero-order chi connectivity index (χ0) is 19.4. The fourth-order valence-corrected chi connectivity index (χ4v) is 3.37. The molecule has 140 valence electrons. The summed E-state index contributed by atoms with van der Waals surface area (Å²) in [4.78, 5) is 39.3. The lowest BCUT2D eigenvalue weighted by molar-refractivity contribution is -0.135. The summed E-state index contributed by atoms with van der Waals surface area (Å²) in [6.45, 7) is 4.49.